The molecule has 1 heterocycles. The molecule has 1 aromatic rings. The second kappa shape index (κ2) is 9.74. The third-order valence-corrected chi connectivity index (χ3v) is 5.32. The molecule has 148 valence electrons. The number of piperidine rings is 1. The Morgan fingerprint density at radius 1 is 1.19 bits per heavy atom. The lowest BCUT2D eigenvalue weighted by atomic mass is 10.0. The van der Waals surface area contributed by atoms with E-state index in [4.69, 9.17) is 4.74 Å². The van der Waals surface area contributed by atoms with Gasteiger partial charge in [0.1, 0.15) is 5.75 Å². The molecule has 2 amide bonds. The molecular formula is C21H31N3O3. The van der Waals surface area contributed by atoms with Crippen LogP contribution in [-0.2, 0) is 16.1 Å². The molecule has 2 fully saturated rings. The van der Waals surface area contributed by atoms with Gasteiger partial charge in [-0.05, 0) is 49.8 Å². The third-order valence-electron chi connectivity index (χ3n) is 5.32. The van der Waals surface area contributed by atoms with Crippen LogP contribution in [-0.4, -0.2) is 49.5 Å². The lowest BCUT2D eigenvalue weighted by Crippen LogP contribution is -2.44. The minimum absolute atomic E-state index is 0.0990. The van der Waals surface area contributed by atoms with E-state index in [1.54, 1.807) is 7.11 Å². The van der Waals surface area contributed by atoms with E-state index < -0.39 is 0 Å². The second-order valence-electron chi connectivity index (χ2n) is 7.64. The zero-order valence-corrected chi connectivity index (χ0v) is 16.2. The maximum Gasteiger partial charge on any atom is 0.223 e. The first-order valence-electron chi connectivity index (χ1n) is 10.1. The number of carbonyl (C=O) groups is 2. The Kier molecular flexibility index (Phi) is 7.10. The molecule has 27 heavy (non-hydrogen) atoms. The van der Waals surface area contributed by atoms with Crippen molar-refractivity contribution in [2.45, 2.75) is 51.1 Å². The van der Waals surface area contributed by atoms with Gasteiger partial charge in [0.05, 0.1) is 7.11 Å². The predicted octanol–water partition coefficient (Wildman–Crippen LogP) is 2.08. The molecule has 0 bridgehead atoms. The van der Waals surface area contributed by atoms with Crippen molar-refractivity contribution in [2.24, 2.45) is 5.92 Å². The number of likely N-dealkylation sites (tertiary alicyclic amines) is 1. The zero-order chi connectivity index (χ0) is 19.1. The monoisotopic (exact) mass is 373 g/mol. The molecular weight excluding hydrogens is 342 g/mol. The Morgan fingerprint density at radius 3 is 2.67 bits per heavy atom. The maximum absolute atomic E-state index is 12.1. The molecule has 6 nitrogen and oxygen atoms in total. The molecule has 1 saturated heterocycles. The topological polar surface area (TPSA) is 70.7 Å². The molecule has 0 atom stereocenters. The van der Waals surface area contributed by atoms with Crippen LogP contribution in [0.4, 0.5) is 0 Å². The molecule has 1 aliphatic heterocycles. The van der Waals surface area contributed by atoms with Crippen molar-refractivity contribution in [2.75, 3.05) is 26.7 Å². The summed E-state index contributed by atoms with van der Waals surface area (Å²) in [6, 6.07) is 8.45. The van der Waals surface area contributed by atoms with Gasteiger partial charge in [-0.15, -0.1) is 0 Å². The number of nitrogens with zero attached hydrogens (tertiary/aromatic N) is 1. The highest BCUT2D eigenvalue weighted by Gasteiger charge is 2.29. The van der Waals surface area contributed by atoms with Crippen LogP contribution in [0.3, 0.4) is 0 Å². The number of methoxy groups -OCH3 is 1. The summed E-state index contributed by atoms with van der Waals surface area (Å²) in [6.45, 7) is 3.49. The number of carbonyl (C=O) groups excluding carboxylic acids is 2. The van der Waals surface area contributed by atoms with E-state index in [2.05, 4.69) is 27.7 Å². The van der Waals surface area contributed by atoms with E-state index in [9.17, 15) is 9.59 Å². The average Bonchev–Trinajstić information content (AvgIpc) is 3.52. The van der Waals surface area contributed by atoms with Crippen molar-refractivity contribution in [3.05, 3.63) is 29.8 Å². The van der Waals surface area contributed by atoms with Gasteiger partial charge in [0, 0.05) is 44.6 Å². The van der Waals surface area contributed by atoms with Gasteiger partial charge in [0.2, 0.25) is 11.8 Å². The number of hydrogen-bond donors (Lipinski definition) is 2. The lowest BCUT2D eigenvalue weighted by molar-refractivity contribution is -0.124. The highest BCUT2D eigenvalue weighted by atomic mass is 16.5. The lowest BCUT2D eigenvalue weighted by Gasteiger charge is -2.32. The largest absolute Gasteiger partial charge is 0.497 e. The van der Waals surface area contributed by atoms with Gasteiger partial charge in [0.25, 0.3) is 0 Å². The molecule has 3 rings (SSSR count). The number of nitrogens with one attached hydrogen (secondary N) is 2. The van der Waals surface area contributed by atoms with Crippen LogP contribution in [0.2, 0.25) is 0 Å². The quantitative estimate of drug-likeness (QED) is 0.650. The van der Waals surface area contributed by atoms with Gasteiger partial charge in [-0.1, -0.05) is 12.1 Å². The first-order chi connectivity index (χ1) is 13.1. The molecule has 0 radical (unpaired) electrons. The van der Waals surface area contributed by atoms with Crippen molar-refractivity contribution in [1.82, 2.24) is 15.5 Å². The van der Waals surface area contributed by atoms with Crippen molar-refractivity contribution in [3.63, 3.8) is 0 Å². The van der Waals surface area contributed by atoms with E-state index in [-0.39, 0.29) is 23.8 Å². The Bertz CT molecular complexity index is 637. The summed E-state index contributed by atoms with van der Waals surface area (Å²) in [7, 11) is 1.69. The van der Waals surface area contributed by atoms with E-state index in [1.165, 1.54) is 5.56 Å². The summed E-state index contributed by atoms with van der Waals surface area (Å²) in [5.41, 5.74) is 1.25. The first kappa shape index (κ1) is 19.7. The van der Waals surface area contributed by atoms with Crippen LogP contribution in [0.25, 0.3) is 0 Å². The van der Waals surface area contributed by atoms with E-state index >= 15 is 0 Å². The van der Waals surface area contributed by atoms with Crippen molar-refractivity contribution < 1.29 is 14.3 Å². The molecule has 1 aromatic carbocycles. The minimum Gasteiger partial charge on any atom is -0.497 e. The maximum atomic E-state index is 12.1. The van der Waals surface area contributed by atoms with Crippen LogP contribution in [0.15, 0.2) is 24.3 Å². The third kappa shape index (κ3) is 6.54. The van der Waals surface area contributed by atoms with E-state index in [1.807, 2.05) is 12.1 Å². The van der Waals surface area contributed by atoms with Gasteiger partial charge in [-0.2, -0.15) is 0 Å². The Labute approximate surface area is 161 Å². The van der Waals surface area contributed by atoms with Crippen molar-refractivity contribution in [3.8, 4) is 5.75 Å². The minimum atomic E-state index is 0.0990. The number of hydrogen-bond acceptors (Lipinski definition) is 4. The molecule has 2 N–H and O–H groups in total. The molecule has 1 saturated carbocycles. The molecule has 2 aliphatic rings. The van der Waals surface area contributed by atoms with Crippen LogP contribution in [0.1, 0.15) is 44.1 Å². The SMILES string of the molecule is COc1cccc(CN2CCC(NC(=O)CCCNC(=O)C3CC3)CC2)c1. The van der Waals surface area contributed by atoms with Gasteiger partial charge in [-0.25, -0.2) is 0 Å². The summed E-state index contributed by atoms with van der Waals surface area (Å²) in [4.78, 5) is 26.1. The molecule has 6 heteroatoms. The number of benzene rings is 1. The Balaban J connectivity index is 1.29. The van der Waals surface area contributed by atoms with Crippen LogP contribution in [0.5, 0.6) is 5.75 Å². The fraction of sp³-hybridized carbons (Fsp3) is 0.619. The molecule has 0 spiro atoms. The van der Waals surface area contributed by atoms with Gasteiger partial charge in [0.15, 0.2) is 0 Å². The van der Waals surface area contributed by atoms with Crippen molar-refractivity contribution >= 4 is 11.8 Å². The Hall–Kier alpha value is -2.08. The van der Waals surface area contributed by atoms with Gasteiger partial charge < -0.3 is 15.4 Å². The zero-order valence-electron chi connectivity index (χ0n) is 16.2. The first-order valence-corrected chi connectivity index (χ1v) is 10.1. The average molecular weight is 373 g/mol. The van der Waals surface area contributed by atoms with Crippen LogP contribution < -0.4 is 15.4 Å². The summed E-state index contributed by atoms with van der Waals surface area (Å²) in [6.07, 6.45) is 5.18. The predicted molar refractivity (Wildman–Crippen MR) is 104 cm³/mol. The van der Waals surface area contributed by atoms with Gasteiger partial charge in [-0.3, -0.25) is 14.5 Å². The second-order valence-corrected chi connectivity index (χ2v) is 7.64. The van der Waals surface area contributed by atoms with E-state index in [0.717, 1.165) is 51.1 Å². The number of rotatable bonds is 9. The Morgan fingerprint density at radius 2 is 1.96 bits per heavy atom. The molecule has 0 unspecified atom stereocenters. The fourth-order valence-electron chi connectivity index (χ4n) is 3.51. The van der Waals surface area contributed by atoms with Crippen LogP contribution in [0, 0.1) is 5.92 Å². The highest BCUT2D eigenvalue weighted by Crippen LogP contribution is 2.28. The van der Waals surface area contributed by atoms with Gasteiger partial charge >= 0.3 is 0 Å². The summed E-state index contributed by atoms with van der Waals surface area (Å²) >= 11 is 0. The fourth-order valence-corrected chi connectivity index (χ4v) is 3.51. The normalized spacial score (nSPS) is 18.1. The van der Waals surface area contributed by atoms with Crippen LogP contribution >= 0.6 is 0 Å². The number of ether oxygens (including phenoxy) is 1. The summed E-state index contributed by atoms with van der Waals surface area (Å²) in [5.74, 6) is 1.38. The van der Waals surface area contributed by atoms with E-state index in [0.29, 0.717) is 19.4 Å². The smallest absolute Gasteiger partial charge is 0.223 e. The van der Waals surface area contributed by atoms with Crippen molar-refractivity contribution in [1.29, 1.82) is 0 Å². The number of amides is 2. The molecule has 1 aliphatic carbocycles. The standard InChI is InChI=1S/C21H31N3O3/c1-27-19-5-2-4-16(14-19)15-24-12-9-18(10-13-24)23-20(25)6-3-11-22-21(26)17-7-8-17/h2,4-5,14,17-18H,3,6-13,15H2,1H3,(H,22,26)(H,23,25). The summed E-state index contributed by atoms with van der Waals surface area (Å²) < 4.78 is 5.28. The summed E-state index contributed by atoms with van der Waals surface area (Å²) in [5, 5.41) is 6.05. The highest BCUT2D eigenvalue weighted by molar-refractivity contribution is 5.81. The molecule has 0 aromatic heterocycles.